The van der Waals surface area contributed by atoms with Crippen molar-refractivity contribution in [3.8, 4) is 44.5 Å². The maximum atomic E-state index is 2.53. The quantitative estimate of drug-likeness (QED) is 0.184. The zero-order valence-corrected chi connectivity index (χ0v) is 24.4. The van der Waals surface area contributed by atoms with Crippen LogP contribution in [-0.4, -0.2) is 14.5 Å². The van der Waals surface area contributed by atoms with Crippen LogP contribution in [0.1, 0.15) is 22.3 Å². The van der Waals surface area contributed by atoms with E-state index < -0.39 is 0 Å². The summed E-state index contributed by atoms with van der Waals surface area (Å²) in [7, 11) is 0. The Bertz CT molecular complexity index is 2080. The van der Waals surface area contributed by atoms with E-state index in [2.05, 4.69) is 135 Å². The molecule has 0 unspecified atom stereocenters. The van der Waals surface area contributed by atoms with Gasteiger partial charge in [0, 0.05) is 0 Å². The Hall–Kier alpha value is -4.16. The minimum absolute atomic E-state index is 0.275. The molecule has 0 atom stereocenters. The van der Waals surface area contributed by atoms with Crippen molar-refractivity contribution in [3.63, 3.8) is 0 Å². The first-order valence-electron chi connectivity index (χ1n) is 14.0. The molecule has 1 heteroatoms. The molecule has 0 nitrogen and oxygen atoms in total. The van der Waals surface area contributed by atoms with E-state index in [-0.39, 0.29) is 14.5 Å². The summed E-state index contributed by atoms with van der Waals surface area (Å²) >= 11 is 0.275. The molecule has 0 amide bonds. The molecule has 1 aliphatic rings. The van der Waals surface area contributed by atoms with Crippen molar-refractivity contribution >= 4 is 33.8 Å². The van der Waals surface area contributed by atoms with Crippen LogP contribution in [-0.2, 0) is 6.42 Å². The summed E-state index contributed by atoms with van der Waals surface area (Å²) in [4.78, 5) is 0. The van der Waals surface area contributed by atoms with Crippen LogP contribution in [0.15, 0.2) is 121 Å². The van der Waals surface area contributed by atoms with E-state index in [1.165, 1.54) is 86.1 Å². The van der Waals surface area contributed by atoms with Gasteiger partial charge in [-0.2, -0.15) is 0 Å². The molecule has 0 saturated carbocycles. The zero-order valence-electron chi connectivity index (χ0n) is 22.7. The van der Waals surface area contributed by atoms with Gasteiger partial charge in [-0.15, -0.1) is 0 Å². The molecular weight excluding hydrogens is 547 g/mol. The Morgan fingerprint density at radius 2 is 1.20 bits per heavy atom. The SMILES string of the molecule is Cc1cc2c(c(-c3c(-c4ccccc4)cc4[se]c5ccccc5c4c3-c3ccccc3)c1C)Cc1ccccc1-2. The van der Waals surface area contributed by atoms with Crippen LogP contribution in [0, 0.1) is 13.8 Å². The summed E-state index contributed by atoms with van der Waals surface area (Å²) in [6.07, 6.45) is 0.974. The number of fused-ring (bicyclic) bond motifs is 6. The van der Waals surface area contributed by atoms with E-state index in [9.17, 15) is 0 Å². The van der Waals surface area contributed by atoms with Crippen molar-refractivity contribution in [3.05, 3.63) is 144 Å². The summed E-state index contributed by atoms with van der Waals surface area (Å²) in [6.45, 7) is 4.62. The fourth-order valence-electron chi connectivity index (χ4n) is 6.75. The molecule has 1 aromatic heterocycles. The Morgan fingerprint density at radius 1 is 0.525 bits per heavy atom. The van der Waals surface area contributed by atoms with E-state index in [4.69, 9.17) is 0 Å². The maximum absolute atomic E-state index is 2.53. The first-order valence-corrected chi connectivity index (χ1v) is 15.7. The predicted octanol–water partition coefficient (Wildman–Crippen LogP) is 10.2. The van der Waals surface area contributed by atoms with Crippen LogP contribution >= 0.6 is 0 Å². The molecule has 0 bridgehead atoms. The summed E-state index contributed by atoms with van der Waals surface area (Å²) in [6, 6.07) is 45.2. The number of hydrogen-bond acceptors (Lipinski definition) is 0. The molecule has 1 heterocycles. The molecule has 0 aliphatic heterocycles. The predicted molar refractivity (Wildman–Crippen MR) is 172 cm³/mol. The van der Waals surface area contributed by atoms with Gasteiger partial charge in [-0.25, -0.2) is 0 Å². The van der Waals surface area contributed by atoms with Crippen molar-refractivity contribution in [1.82, 2.24) is 0 Å². The zero-order chi connectivity index (χ0) is 26.8. The first kappa shape index (κ1) is 23.7. The average molecular weight is 576 g/mol. The van der Waals surface area contributed by atoms with Crippen molar-refractivity contribution in [2.75, 3.05) is 0 Å². The normalized spacial score (nSPS) is 12.2. The van der Waals surface area contributed by atoms with Gasteiger partial charge in [0.2, 0.25) is 0 Å². The molecule has 6 aromatic carbocycles. The van der Waals surface area contributed by atoms with Crippen LogP contribution in [0.25, 0.3) is 63.8 Å². The Balaban J connectivity index is 1.61. The van der Waals surface area contributed by atoms with Gasteiger partial charge in [-0.1, -0.05) is 0 Å². The van der Waals surface area contributed by atoms with Gasteiger partial charge in [-0.05, 0) is 0 Å². The number of hydrogen-bond donors (Lipinski definition) is 0. The molecule has 8 rings (SSSR count). The van der Waals surface area contributed by atoms with Crippen molar-refractivity contribution in [2.45, 2.75) is 20.3 Å². The number of aryl methyl sites for hydroxylation is 1. The fourth-order valence-corrected chi connectivity index (χ4v) is 9.17. The van der Waals surface area contributed by atoms with Gasteiger partial charge < -0.3 is 0 Å². The third kappa shape index (κ3) is 3.52. The second-order valence-corrected chi connectivity index (χ2v) is 13.2. The molecule has 1 aliphatic carbocycles. The Labute approximate surface area is 241 Å². The summed E-state index contributed by atoms with van der Waals surface area (Å²) in [5, 5.41) is 2.84. The molecule has 7 aromatic rings. The van der Waals surface area contributed by atoms with Crippen LogP contribution in [0.3, 0.4) is 0 Å². The van der Waals surface area contributed by atoms with E-state index in [0.29, 0.717) is 0 Å². The standard InChI is InChI=1S/C39H28Se/c1-24-21-32-29-18-10-9-17-28(29)22-33(32)36(25(24)2)39-31(26-13-5-3-6-14-26)23-35-38(30-19-11-12-20-34(30)40-35)37(39)27-15-7-4-8-16-27/h3-21,23H,22H2,1-2H3. The molecule has 0 fully saturated rings. The van der Waals surface area contributed by atoms with E-state index in [0.717, 1.165) is 6.42 Å². The minimum atomic E-state index is 0.275. The Morgan fingerprint density at radius 3 is 2.00 bits per heavy atom. The summed E-state index contributed by atoms with van der Waals surface area (Å²) < 4.78 is 2.97. The molecular formula is C39H28Se. The van der Waals surface area contributed by atoms with Gasteiger partial charge in [0.05, 0.1) is 0 Å². The third-order valence-electron chi connectivity index (χ3n) is 8.69. The van der Waals surface area contributed by atoms with Gasteiger partial charge >= 0.3 is 242 Å². The van der Waals surface area contributed by atoms with Crippen molar-refractivity contribution in [2.24, 2.45) is 0 Å². The molecule has 0 radical (unpaired) electrons. The molecule has 190 valence electrons. The van der Waals surface area contributed by atoms with Gasteiger partial charge in [-0.3, -0.25) is 0 Å². The molecule has 0 saturated heterocycles. The number of benzene rings is 6. The molecule has 0 spiro atoms. The third-order valence-corrected chi connectivity index (χ3v) is 11.0. The van der Waals surface area contributed by atoms with Crippen LogP contribution < -0.4 is 0 Å². The van der Waals surface area contributed by atoms with E-state index in [1.807, 2.05) is 0 Å². The van der Waals surface area contributed by atoms with Crippen molar-refractivity contribution < 1.29 is 0 Å². The van der Waals surface area contributed by atoms with E-state index >= 15 is 0 Å². The van der Waals surface area contributed by atoms with Crippen molar-refractivity contribution in [1.29, 1.82) is 0 Å². The average Bonchev–Trinajstić information content (AvgIpc) is 3.56. The summed E-state index contributed by atoms with van der Waals surface area (Å²) in [5.41, 5.74) is 16.5. The van der Waals surface area contributed by atoms with Gasteiger partial charge in [0.15, 0.2) is 0 Å². The van der Waals surface area contributed by atoms with E-state index in [1.54, 1.807) is 0 Å². The molecule has 0 N–H and O–H groups in total. The monoisotopic (exact) mass is 576 g/mol. The van der Waals surface area contributed by atoms with Gasteiger partial charge in [0.1, 0.15) is 0 Å². The first-order chi connectivity index (χ1) is 19.7. The Kier molecular flexibility index (Phi) is 5.45. The number of rotatable bonds is 3. The topological polar surface area (TPSA) is 0 Å². The second kappa shape index (κ2) is 9.20. The van der Waals surface area contributed by atoms with Gasteiger partial charge in [0.25, 0.3) is 0 Å². The van der Waals surface area contributed by atoms with Crippen LogP contribution in [0.2, 0.25) is 0 Å². The van der Waals surface area contributed by atoms with Crippen LogP contribution in [0.5, 0.6) is 0 Å². The summed E-state index contributed by atoms with van der Waals surface area (Å²) in [5.74, 6) is 0. The molecule has 40 heavy (non-hydrogen) atoms. The fraction of sp³-hybridized carbons (Fsp3) is 0.0769. The second-order valence-electron chi connectivity index (χ2n) is 10.9. The van der Waals surface area contributed by atoms with Crippen LogP contribution in [0.4, 0.5) is 0 Å².